The van der Waals surface area contributed by atoms with Crippen molar-refractivity contribution in [3.8, 4) is 11.1 Å². The first-order valence-electron chi connectivity index (χ1n) is 19.9. The van der Waals surface area contributed by atoms with Crippen molar-refractivity contribution in [1.82, 2.24) is 10.2 Å². The Bertz CT molecular complexity index is 1470. The summed E-state index contributed by atoms with van der Waals surface area (Å²) in [5.74, 6) is -0.528. The Morgan fingerprint density at radius 3 is 1.91 bits per heavy atom. The van der Waals surface area contributed by atoms with E-state index in [1.54, 1.807) is 0 Å². The van der Waals surface area contributed by atoms with Gasteiger partial charge in [0.05, 0.1) is 18.8 Å². The lowest BCUT2D eigenvalue weighted by Crippen LogP contribution is -2.45. The number of amides is 1. The molecule has 0 aromatic heterocycles. The van der Waals surface area contributed by atoms with Gasteiger partial charge in [-0.2, -0.15) is 0 Å². The SMILES string of the molecule is CCCCCCCCN(CCCCCCCC)C[C@H]1O[C@@H](c2ccc(-c3cccc(CNC(=O)C(Cl)(Cl)Cl)c3)cc2)O[C@@H](c2ccc(CO)cc2)[C@H]1C. The minimum Gasteiger partial charge on any atom is -0.392 e. The molecule has 0 aliphatic carbocycles. The van der Waals surface area contributed by atoms with E-state index in [1.165, 1.54) is 77.0 Å². The van der Waals surface area contributed by atoms with Gasteiger partial charge in [-0.05, 0) is 59.8 Å². The molecule has 0 saturated carbocycles. The number of alkyl halides is 3. The summed E-state index contributed by atoms with van der Waals surface area (Å²) in [6, 6.07) is 24.4. The van der Waals surface area contributed by atoms with Gasteiger partial charge in [-0.3, -0.25) is 4.79 Å². The predicted molar refractivity (Wildman–Crippen MR) is 220 cm³/mol. The van der Waals surface area contributed by atoms with Crippen LogP contribution in [0.1, 0.15) is 132 Å². The lowest BCUT2D eigenvalue weighted by Gasteiger charge is -2.43. The number of rotatable bonds is 22. The number of hydrogen-bond donors (Lipinski definition) is 2. The normalized spacial score (nSPS) is 19.1. The van der Waals surface area contributed by atoms with Gasteiger partial charge in [0, 0.05) is 24.6 Å². The number of carbonyl (C=O) groups excluding carboxylic acids is 1. The second-order valence-corrected chi connectivity index (χ2v) is 16.9. The second-order valence-electron chi connectivity index (χ2n) is 14.7. The zero-order chi connectivity index (χ0) is 38.1. The molecule has 0 radical (unpaired) electrons. The minimum absolute atomic E-state index is 0.0143. The topological polar surface area (TPSA) is 71.0 Å². The molecule has 3 aromatic rings. The minimum atomic E-state index is -2.00. The van der Waals surface area contributed by atoms with E-state index in [0.29, 0.717) is 0 Å². The van der Waals surface area contributed by atoms with Crippen molar-refractivity contribution in [3.63, 3.8) is 0 Å². The van der Waals surface area contributed by atoms with E-state index in [2.05, 4.69) is 67.4 Å². The number of ether oxygens (including phenoxy) is 2. The Morgan fingerprint density at radius 1 is 0.736 bits per heavy atom. The Morgan fingerprint density at radius 2 is 1.32 bits per heavy atom. The molecule has 3 aromatic carbocycles. The van der Waals surface area contributed by atoms with Crippen LogP contribution < -0.4 is 5.32 Å². The smallest absolute Gasteiger partial charge is 0.272 e. The van der Waals surface area contributed by atoms with E-state index in [1.807, 2.05) is 36.4 Å². The average molecular weight is 788 g/mol. The summed E-state index contributed by atoms with van der Waals surface area (Å²) >= 11 is 17.2. The lowest BCUT2D eigenvalue weighted by atomic mass is 9.89. The van der Waals surface area contributed by atoms with Gasteiger partial charge in [0.1, 0.15) is 0 Å². The number of benzene rings is 3. The highest BCUT2D eigenvalue weighted by atomic mass is 35.6. The predicted octanol–water partition coefficient (Wildman–Crippen LogP) is 11.6. The maximum Gasteiger partial charge on any atom is 0.272 e. The van der Waals surface area contributed by atoms with E-state index in [9.17, 15) is 9.90 Å². The van der Waals surface area contributed by atoms with Gasteiger partial charge in [0.2, 0.25) is 0 Å². The van der Waals surface area contributed by atoms with Gasteiger partial charge < -0.3 is 24.8 Å². The molecule has 0 unspecified atom stereocenters. The molecular weight excluding hydrogens is 727 g/mol. The maximum absolute atomic E-state index is 12.1. The van der Waals surface area contributed by atoms with Gasteiger partial charge in [0.15, 0.2) is 6.29 Å². The van der Waals surface area contributed by atoms with Gasteiger partial charge in [-0.25, -0.2) is 0 Å². The van der Waals surface area contributed by atoms with Gasteiger partial charge in [-0.1, -0.05) is 187 Å². The summed E-state index contributed by atoms with van der Waals surface area (Å²) in [7, 11) is 0. The first kappa shape index (κ1) is 43.6. The molecular formula is C44H61Cl3N2O4. The molecule has 53 heavy (non-hydrogen) atoms. The Hall–Kier alpha value is -2.16. The highest BCUT2D eigenvalue weighted by Gasteiger charge is 2.39. The van der Waals surface area contributed by atoms with Gasteiger partial charge >= 0.3 is 0 Å². The summed E-state index contributed by atoms with van der Waals surface area (Å²) in [6.45, 7) is 10.1. The number of aliphatic hydroxyl groups excluding tert-OH is 1. The fourth-order valence-corrected chi connectivity index (χ4v) is 7.28. The van der Waals surface area contributed by atoms with E-state index in [-0.39, 0.29) is 31.3 Å². The number of nitrogens with zero attached hydrogens (tertiary/aromatic N) is 1. The van der Waals surface area contributed by atoms with Crippen LogP contribution in [0.5, 0.6) is 0 Å². The third kappa shape index (κ3) is 14.5. The summed E-state index contributed by atoms with van der Waals surface area (Å²) in [4.78, 5) is 14.7. The monoisotopic (exact) mass is 786 g/mol. The van der Waals surface area contributed by atoms with Crippen LogP contribution in [-0.2, 0) is 27.4 Å². The molecule has 0 spiro atoms. The fraction of sp³-hybridized carbons (Fsp3) is 0.568. The summed E-state index contributed by atoms with van der Waals surface area (Å²) in [5, 5.41) is 12.4. The molecule has 1 saturated heterocycles. The van der Waals surface area contributed by atoms with Crippen LogP contribution in [-0.4, -0.2) is 45.4 Å². The molecule has 1 heterocycles. The van der Waals surface area contributed by atoms with Crippen molar-refractivity contribution in [1.29, 1.82) is 0 Å². The zero-order valence-electron chi connectivity index (χ0n) is 32.0. The van der Waals surface area contributed by atoms with Crippen molar-refractivity contribution in [2.75, 3.05) is 19.6 Å². The largest absolute Gasteiger partial charge is 0.392 e. The third-order valence-corrected chi connectivity index (χ3v) is 10.9. The lowest BCUT2D eigenvalue weighted by molar-refractivity contribution is -0.276. The number of nitrogens with one attached hydrogen (secondary N) is 1. The first-order valence-corrected chi connectivity index (χ1v) is 21.0. The maximum atomic E-state index is 12.1. The molecule has 4 rings (SSSR count). The molecule has 1 amide bonds. The molecule has 0 bridgehead atoms. The molecule has 2 N–H and O–H groups in total. The number of halogens is 3. The highest BCUT2D eigenvalue weighted by Crippen LogP contribution is 2.42. The standard InChI is InChI=1S/C44H61Cl3N2O4/c1-4-6-8-10-12-14-27-49(28-15-13-11-9-7-5-2)31-40-33(3)41(37-21-19-34(32-50)20-22-37)53-42(52-40)38-25-23-36(24-26-38)39-18-16-17-35(29-39)30-48-43(51)44(45,46)47/h16-26,29,33,40-42,50H,4-15,27-28,30-32H2,1-3H3,(H,48,51)/t33-,40+,41+,42+/m0/s1. The summed E-state index contributed by atoms with van der Waals surface area (Å²) in [5.41, 5.74) is 5.89. The molecule has 292 valence electrons. The quantitative estimate of drug-likeness (QED) is 0.0784. The van der Waals surface area contributed by atoms with E-state index in [4.69, 9.17) is 44.3 Å². The van der Waals surface area contributed by atoms with E-state index in [0.717, 1.165) is 53.0 Å². The van der Waals surface area contributed by atoms with Gasteiger partial charge in [0.25, 0.3) is 9.70 Å². The number of hydrogen-bond acceptors (Lipinski definition) is 5. The van der Waals surface area contributed by atoms with Crippen molar-refractivity contribution in [3.05, 3.63) is 95.1 Å². The molecule has 6 nitrogen and oxygen atoms in total. The number of unbranched alkanes of at least 4 members (excludes halogenated alkanes) is 10. The van der Waals surface area contributed by atoms with Crippen LogP contribution in [0.3, 0.4) is 0 Å². The van der Waals surface area contributed by atoms with Crippen LogP contribution in [0, 0.1) is 5.92 Å². The van der Waals surface area contributed by atoms with Crippen molar-refractivity contribution < 1.29 is 19.4 Å². The van der Waals surface area contributed by atoms with Crippen LogP contribution in [0.25, 0.3) is 11.1 Å². The van der Waals surface area contributed by atoms with E-state index < -0.39 is 16.0 Å². The van der Waals surface area contributed by atoms with Gasteiger partial charge in [-0.15, -0.1) is 0 Å². The Labute approximate surface area is 333 Å². The van der Waals surface area contributed by atoms with Crippen molar-refractivity contribution >= 4 is 40.7 Å². The third-order valence-electron chi connectivity index (χ3n) is 10.4. The molecule has 1 aliphatic heterocycles. The summed E-state index contributed by atoms with van der Waals surface area (Å²) in [6.07, 6.45) is 14.7. The average Bonchev–Trinajstić information content (AvgIpc) is 3.17. The van der Waals surface area contributed by atoms with Crippen molar-refractivity contribution in [2.45, 2.75) is 133 Å². The first-order chi connectivity index (χ1) is 25.6. The molecule has 1 fully saturated rings. The Balaban J connectivity index is 1.51. The molecule has 9 heteroatoms. The molecule has 4 atom stereocenters. The zero-order valence-corrected chi connectivity index (χ0v) is 34.3. The van der Waals surface area contributed by atoms with Crippen LogP contribution in [0.15, 0.2) is 72.8 Å². The summed E-state index contributed by atoms with van der Waals surface area (Å²) < 4.78 is 11.7. The second kappa shape index (κ2) is 23.0. The van der Waals surface area contributed by atoms with Crippen LogP contribution >= 0.6 is 34.8 Å². The van der Waals surface area contributed by atoms with E-state index >= 15 is 0 Å². The van der Waals surface area contributed by atoms with Crippen molar-refractivity contribution in [2.24, 2.45) is 5.92 Å². The Kier molecular flexibility index (Phi) is 18.9. The van der Waals surface area contributed by atoms with Crippen LogP contribution in [0.4, 0.5) is 0 Å². The fourth-order valence-electron chi connectivity index (χ4n) is 7.08. The number of aliphatic hydroxyl groups is 1. The molecule has 1 aliphatic rings. The number of carbonyl (C=O) groups is 1. The van der Waals surface area contributed by atoms with Crippen LogP contribution in [0.2, 0.25) is 0 Å². The highest BCUT2D eigenvalue weighted by molar-refractivity contribution is 6.76.